The number of hydrogen-bond donors (Lipinski definition) is 1. The first-order valence-corrected chi connectivity index (χ1v) is 10.2. The Morgan fingerprint density at radius 1 is 1.23 bits per heavy atom. The van der Waals surface area contributed by atoms with E-state index in [0.29, 0.717) is 6.42 Å². The molecule has 4 amide bonds. The number of carbonyl (C=O) groups excluding carboxylic acids is 3. The summed E-state index contributed by atoms with van der Waals surface area (Å²) in [6.45, 7) is 1.90. The Morgan fingerprint density at radius 2 is 2.04 bits per heavy atom. The fraction of sp³-hybridized carbons (Fsp3) is 0.750. The number of imide groups is 1. The molecule has 6 heteroatoms. The first kappa shape index (κ1) is 17.6. The molecule has 0 aromatic carbocycles. The lowest BCUT2D eigenvalue weighted by Crippen LogP contribution is -2.54. The third-order valence-electron chi connectivity index (χ3n) is 6.55. The minimum atomic E-state index is -0.788. The average molecular weight is 359 g/mol. The molecule has 26 heavy (non-hydrogen) atoms. The molecule has 3 fully saturated rings. The van der Waals surface area contributed by atoms with Gasteiger partial charge in [0.1, 0.15) is 12.1 Å². The van der Waals surface area contributed by atoms with Crippen LogP contribution in [0.25, 0.3) is 0 Å². The van der Waals surface area contributed by atoms with E-state index in [-0.39, 0.29) is 30.3 Å². The van der Waals surface area contributed by atoms with Crippen LogP contribution in [0.1, 0.15) is 71.1 Å². The van der Waals surface area contributed by atoms with Crippen molar-refractivity contribution < 1.29 is 14.4 Å². The van der Waals surface area contributed by atoms with E-state index in [2.05, 4.69) is 11.4 Å². The minimum absolute atomic E-state index is 0.107. The summed E-state index contributed by atoms with van der Waals surface area (Å²) in [4.78, 5) is 41.7. The highest BCUT2D eigenvalue weighted by atomic mass is 16.2. The van der Waals surface area contributed by atoms with Crippen LogP contribution in [-0.4, -0.2) is 45.8 Å². The predicted octanol–water partition coefficient (Wildman–Crippen LogP) is 2.94. The topological polar surface area (TPSA) is 69.7 Å². The number of nitrogens with one attached hydrogen (secondary N) is 1. The third kappa shape index (κ3) is 2.93. The molecule has 0 aromatic rings. The van der Waals surface area contributed by atoms with Crippen molar-refractivity contribution in [2.24, 2.45) is 5.92 Å². The van der Waals surface area contributed by atoms with Gasteiger partial charge in [0, 0.05) is 11.7 Å². The summed E-state index contributed by atoms with van der Waals surface area (Å²) in [6, 6.07) is -0.138. The molecule has 6 nitrogen and oxygen atoms in total. The first-order chi connectivity index (χ1) is 12.5. The molecule has 0 aromatic heterocycles. The van der Waals surface area contributed by atoms with Crippen LogP contribution < -0.4 is 5.32 Å². The molecule has 0 bridgehead atoms. The SMILES string of the molecule is C[C@@H]1CCCC[C@]12NC(=O)N(CC(=O)N(C1=CCCCC1)C1CC1)C2=O. The largest absolute Gasteiger partial charge is 0.325 e. The molecule has 1 N–H and O–H groups in total. The Bertz CT molecular complexity index is 655. The molecular weight excluding hydrogens is 330 g/mol. The predicted molar refractivity (Wildman–Crippen MR) is 97.0 cm³/mol. The maximum Gasteiger partial charge on any atom is 0.325 e. The van der Waals surface area contributed by atoms with E-state index in [1.165, 1.54) is 11.3 Å². The lowest BCUT2D eigenvalue weighted by atomic mass is 9.73. The highest BCUT2D eigenvalue weighted by molar-refractivity contribution is 6.09. The van der Waals surface area contributed by atoms with Gasteiger partial charge in [0.05, 0.1) is 0 Å². The Labute approximate surface area is 155 Å². The van der Waals surface area contributed by atoms with Crippen LogP contribution in [-0.2, 0) is 9.59 Å². The second-order valence-electron chi connectivity index (χ2n) is 8.38. The molecule has 1 heterocycles. The van der Waals surface area contributed by atoms with Gasteiger partial charge in [-0.05, 0) is 57.3 Å². The van der Waals surface area contributed by atoms with Gasteiger partial charge in [0.15, 0.2) is 0 Å². The summed E-state index contributed by atoms with van der Waals surface area (Å²) in [5.41, 5.74) is 0.306. The Balaban J connectivity index is 1.50. The van der Waals surface area contributed by atoms with Crippen LogP contribution in [0, 0.1) is 5.92 Å². The summed E-state index contributed by atoms with van der Waals surface area (Å²) in [5, 5.41) is 2.94. The van der Waals surface area contributed by atoms with E-state index in [9.17, 15) is 14.4 Å². The van der Waals surface area contributed by atoms with E-state index in [0.717, 1.165) is 57.1 Å². The zero-order chi connectivity index (χ0) is 18.3. The van der Waals surface area contributed by atoms with Crippen molar-refractivity contribution in [1.29, 1.82) is 0 Å². The zero-order valence-electron chi connectivity index (χ0n) is 15.6. The normalized spacial score (nSPS) is 31.8. The molecule has 1 aliphatic heterocycles. The van der Waals surface area contributed by atoms with Crippen molar-refractivity contribution in [2.45, 2.75) is 82.7 Å². The van der Waals surface area contributed by atoms with E-state index >= 15 is 0 Å². The molecule has 142 valence electrons. The van der Waals surface area contributed by atoms with Gasteiger partial charge in [-0.2, -0.15) is 0 Å². The molecule has 3 aliphatic carbocycles. The van der Waals surface area contributed by atoms with Gasteiger partial charge in [-0.15, -0.1) is 0 Å². The zero-order valence-corrected chi connectivity index (χ0v) is 15.6. The van der Waals surface area contributed by atoms with Gasteiger partial charge in [-0.3, -0.25) is 14.5 Å². The van der Waals surface area contributed by atoms with Crippen LogP contribution in [0.15, 0.2) is 11.8 Å². The molecule has 0 radical (unpaired) electrons. The number of nitrogens with zero attached hydrogens (tertiary/aromatic N) is 2. The number of rotatable bonds is 4. The van der Waals surface area contributed by atoms with Gasteiger partial charge in [-0.1, -0.05) is 25.8 Å². The molecule has 4 rings (SSSR count). The monoisotopic (exact) mass is 359 g/mol. The molecule has 4 aliphatic rings. The number of amides is 4. The smallest absolute Gasteiger partial charge is 0.323 e. The van der Waals surface area contributed by atoms with E-state index < -0.39 is 11.6 Å². The van der Waals surface area contributed by atoms with Gasteiger partial charge < -0.3 is 10.2 Å². The number of urea groups is 1. The molecule has 2 atom stereocenters. The number of allylic oxidation sites excluding steroid dienone is 2. The quantitative estimate of drug-likeness (QED) is 0.785. The van der Waals surface area contributed by atoms with Crippen molar-refractivity contribution >= 4 is 17.8 Å². The molecule has 0 unspecified atom stereocenters. The lowest BCUT2D eigenvalue weighted by Gasteiger charge is -2.37. The maximum atomic E-state index is 13.1. The van der Waals surface area contributed by atoms with Gasteiger partial charge in [-0.25, -0.2) is 4.79 Å². The van der Waals surface area contributed by atoms with Gasteiger partial charge >= 0.3 is 6.03 Å². The average Bonchev–Trinajstić information content (AvgIpc) is 3.43. The van der Waals surface area contributed by atoms with Gasteiger partial charge in [0.25, 0.3) is 5.91 Å². The van der Waals surface area contributed by atoms with Crippen molar-refractivity contribution in [1.82, 2.24) is 15.1 Å². The van der Waals surface area contributed by atoms with E-state index in [1.54, 1.807) is 0 Å². The number of carbonyl (C=O) groups is 3. The highest BCUT2D eigenvalue weighted by Gasteiger charge is 2.55. The molecule has 1 saturated heterocycles. The molecule has 1 spiro atoms. The second kappa shape index (κ2) is 6.71. The van der Waals surface area contributed by atoms with Crippen molar-refractivity contribution in [3.8, 4) is 0 Å². The molecule has 2 saturated carbocycles. The summed E-state index contributed by atoms with van der Waals surface area (Å²) in [5.74, 6) is -0.186. The Hall–Kier alpha value is -1.85. The lowest BCUT2D eigenvalue weighted by molar-refractivity contribution is -0.140. The number of hydrogen-bond acceptors (Lipinski definition) is 3. The minimum Gasteiger partial charge on any atom is -0.323 e. The first-order valence-electron chi connectivity index (χ1n) is 10.2. The van der Waals surface area contributed by atoms with Crippen LogP contribution in [0.2, 0.25) is 0 Å². The Morgan fingerprint density at radius 3 is 2.69 bits per heavy atom. The molecular formula is C20H29N3O3. The third-order valence-corrected chi connectivity index (χ3v) is 6.55. The van der Waals surface area contributed by atoms with Crippen LogP contribution in [0.4, 0.5) is 4.79 Å². The van der Waals surface area contributed by atoms with Crippen molar-refractivity contribution in [3.05, 3.63) is 11.8 Å². The summed E-state index contributed by atoms with van der Waals surface area (Å²) < 4.78 is 0. The Kier molecular flexibility index (Phi) is 4.53. The van der Waals surface area contributed by atoms with E-state index in [1.807, 2.05) is 11.8 Å². The fourth-order valence-corrected chi connectivity index (χ4v) is 4.82. The maximum absolute atomic E-state index is 13.1. The fourth-order valence-electron chi connectivity index (χ4n) is 4.82. The summed E-state index contributed by atoms with van der Waals surface area (Å²) in [6.07, 6.45) is 12.1. The van der Waals surface area contributed by atoms with Crippen molar-refractivity contribution in [3.63, 3.8) is 0 Å². The van der Waals surface area contributed by atoms with E-state index in [4.69, 9.17) is 0 Å². The summed E-state index contributed by atoms with van der Waals surface area (Å²) in [7, 11) is 0. The van der Waals surface area contributed by atoms with Crippen LogP contribution in [0.5, 0.6) is 0 Å². The summed E-state index contributed by atoms with van der Waals surface area (Å²) >= 11 is 0. The van der Waals surface area contributed by atoms with Crippen molar-refractivity contribution in [2.75, 3.05) is 6.54 Å². The second-order valence-corrected chi connectivity index (χ2v) is 8.38. The van der Waals surface area contributed by atoms with Crippen LogP contribution in [0.3, 0.4) is 0 Å². The van der Waals surface area contributed by atoms with Crippen LogP contribution >= 0.6 is 0 Å². The van der Waals surface area contributed by atoms with Gasteiger partial charge in [0.2, 0.25) is 5.91 Å². The standard InChI is InChI=1S/C20H29N3O3/c1-14-7-5-6-12-20(14)18(25)22(19(26)21-20)13-17(24)23(16-10-11-16)15-8-3-2-4-9-15/h8,14,16H,2-7,9-13H2,1H3,(H,21,26)/t14-,20+/m1/s1. The highest BCUT2D eigenvalue weighted by Crippen LogP contribution is 2.39.